The van der Waals surface area contributed by atoms with E-state index in [0.717, 1.165) is 6.42 Å². The van der Waals surface area contributed by atoms with Crippen molar-refractivity contribution in [3.63, 3.8) is 0 Å². The molecule has 1 saturated heterocycles. The van der Waals surface area contributed by atoms with E-state index >= 15 is 0 Å². The molecule has 0 aromatic rings. The van der Waals surface area contributed by atoms with Gasteiger partial charge in [0.1, 0.15) is 0 Å². The van der Waals surface area contributed by atoms with E-state index in [1.54, 1.807) is 0 Å². The van der Waals surface area contributed by atoms with Gasteiger partial charge in [-0.1, -0.05) is 0 Å². The van der Waals surface area contributed by atoms with Crippen molar-refractivity contribution in [3.8, 4) is 0 Å². The van der Waals surface area contributed by atoms with Crippen molar-refractivity contribution < 1.29 is 9.59 Å². The lowest BCUT2D eigenvalue weighted by atomic mass is 10.3. The molecule has 0 unspecified atom stereocenters. The van der Waals surface area contributed by atoms with Crippen molar-refractivity contribution in [2.75, 3.05) is 26.2 Å². The van der Waals surface area contributed by atoms with Gasteiger partial charge in [0, 0.05) is 6.54 Å². The maximum absolute atomic E-state index is 11.1. The highest BCUT2D eigenvalue weighted by molar-refractivity contribution is 5.92. The summed E-state index contributed by atoms with van der Waals surface area (Å²) in [4.78, 5) is 23.5. The van der Waals surface area contributed by atoms with Crippen LogP contribution in [0.5, 0.6) is 0 Å². The average Bonchev–Trinajstić information content (AvgIpc) is 2.07. The van der Waals surface area contributed by atoms with E-state index in [2.05, 4.69) is 5.32 Å². The molecule has 5 heteroatoms. The Morgan fingerprint density at radius 3 is 2.92 bits per heavy atom. The largest absolute Gasteiger partial charge is 0.345 e. The van der Waals surface area contributed by atoms with E-state index in [9.17, 15) is 9.59 Å². The van der Waals surface area contributed by atoms with Crippen LogP contribution in [-0.2, 0) is 9.59 Å². The SMILES string of the molecule is NCCCN1CC(=O)NCC1=O. The second-order valence-corrected chi connectivity index (χ2v) is 2.73. The Morgan fingerprint density at radius 2 is 2.25 bits per heavy atom. The summed E-state index contributed by atoms with van der Waals surface area (Å²) in [6.07, 6.45) is 0.749. The third-order valence-electron chi connectivity index (χ3n) is 1.76. The summed E-state index contributed by atoms with van der Waals surface area (Å²) in [6.45, 7) is 1.44. The minimum absolute atomic E-state index is 0.0250. The highest BCUT2D eigenvalue weighted by atomic mass is 16.2. The summed E-state index contributed by atoms with van der Waals surface area (Å²) in [6, 6.07) is 0. The number of carbonyl (C=O) groups excluding carboxylic acids is 2. The molecular formula is C7H13N3O2. The summed E-state index contributed by atoms with van der Waals surface area (Å²) in [5, 5.41) is 2.48. The summed E-state index contributed by atoms with van der Waals surface area (Å²) < 4.78 is 0. The highest BCUT2D eigenvalue weighted by Crippen LogP contribution is 1.96. The van der Waals surface area contributed by atoms with E-state index < -0.39 is 0 Å². The number of hydrogen-bond acceptors (Lipinski definition) is 3. The van der Waals surface area contributed by atoms with Gasteiger partial charge in [0.2, 0.25) is 11.8 Å². The maximum atomic E-state index is 11.1. The lowest BCUT2D eigenvalue weighted by molar-refractivity contribution is -0.140. The fourth-order valence-electron chi connectivity index (χ4n) is 1.09. The molecule has 0 atom stereocenters. The van der Waals surface area contributed by atoms with Gasteiger partial charge >= 0.3 is 0 Å². The van der Waals surface area contributed by atoms with Crippen LogP contribution in [0.1, 0.15) is 6.42 Å². The molecule has 1 aliphatic rings. The molecule has 0 aromatic carbocycles. The second-order valence-electron chi connectivity index (χ2n) is 2.73. The zero-order chi connectivity index (χ0) is 8.97. The molecule has 0 bridgehead atoms. The molecule has 3 N–H and O–H groups in total. The Kier molecular flexibility index (Phi) is 3.04. The third-order valence-corrected chi connectivity index (χ3v) is 1.76. The zero-order valence-electron chi connectivity index (χ0n) is 6.88. The Hall–Kier alpha value is -1.10. The number of nitrogens with two attached hydrogens (primary N) is 1. The van der Waals surface area contributed by atoms with Crippen LogP contribution in [0.3, 0.4) is 0 Å². The smallest absolute Gasteiger partial charge is 0.242 e. The predicted molar refractivity (Wildman–Crippen MR) is 43.3 cm³/mol. The summed E-state index contributed by atoms with van der Waals surface area (Å²) in [7, 11) is 0. The first-order valence-electron chi connectivity index (χ1n) is 3.98. The lowest BCUT2D eigenvalue weighted by Crippen LogP contribution is -2.51. The standard InChI is InChI=1S/C7H13N3O2/c8-2-1-3-10-5-6(11)9-4-7(10)12/h1-5,8H2,(H,9,11). The first kappa shape index (κ1) is 8.99. The Labute approximate surface area is 70.9 Å². The predicted octanol–water partition coefficient (Wildman–Crippen LogP) is -1.71. The molecule has 12 heavy (non-hydrogen) atoms. The van der Waals surface area contributed by atoms with Crippen molar-refractivity contribution >= 4 is 11.8 Å². The van der Waals surface area contributed by atoms with Crippen LogP contribution >= 0.6 is 0 Å². The molecule has 68 valence electrons. The van der Waals surface area contributed by atoms with Crippen molar-refractivity contribution in [1.29, 1.82) is 0 Å². The van der Waals surface area contributed by atoms with Crippen molar-refractivity contribution in [2.24, 2.45) is 5.73 Å². The molecule has 2 amide bonds. The first-order chi connectivity index (χ1) is 5.74. The molecule has 0 aromatic heterocycles. The third kappa shape index (κ3) is 2.20. The van der Waals surface area contributed by atoms with Gasteiger partial charge in [-0.25, -0.2) is 0 Å². The van der Waals surface area contributed by atoms with Gasteiger partial charge in [-0.2, -0.15) is 0 Å². The molecule has 0 spiro atoms. The molecule has 0 aliphatic carbocycles. The van der Waals surface area contributed by atoms with Crippen LogP contribution in [0.4, 0.5) is 0 Å². The molecule has 1 fully saturated rings. The highest BCUT2D eigenvalue weighted by Gasteiger charge is 2.21. The average molecular weight is 171 g/mol. The fraction of sp³-hybridized carbons (Fsp3) is 0.714. The molecule has 0 radical (unpaired) electrons. The van der Waals surface area contributed by atoms with Gasteiger partial charge in [0.15, 0.2) is 0 Å². The quantitative estimate of drug-likeness (QED) is 0.531. The second kappa shape index (κ2) is 4.06. The van der Waals surface area contributed by atoms with Crippen LogP contribution < -0.4 is 11.1 Å². The van der Waals surface area contributed by atoms with E-state index in [1.807, 2.05) is 0 Å². The molecule has 5 nitrogen and oxygen atoms in total. The first-order valence-corrected chi connectivity index (χ1v) is 3.98. The monoisotopic (exact) mass is 171 g/mol. The molecule has 0 saturated carbocycles. The molecular weight excluding hydrogens is 158 g/mol. The summed E-state index contributed by atoms with van der Waals surface area (Å²) in [5.74, 6) is -0.116. The number of piperazine rings is 1. The van der Waals surface area contributed by atoms with Gasteiger partial charge in [-0.3, -0.25) is 9.59 Å². The molecule has 1 aliphatic heterocycles. The van der Waals surface area contributed by atoms with Crippen molar-refractivity contribution in [3.05, 3.63) is 0 Å². The van der Waals surface area contributed by atoms with E-state index in [0.29, 0.717) is 13.1 Å². The number of nitrogens with zero attached hydrogens (tertiary/aromatic N) is 1. The van der Waals surface area contributed by atoms with E-state index in [4.69, 9.17) is 5.73 Å². The number of nitrogens with one attached hydrogen (secondary N) is 1. The summed E-state index contributed by atoms with van der Waals surface area (Å²) >= 11 is 0. The minimum Gasteiger partial charge on any atom is -0.345 e. The number of carbonyl (C=O) groups is 2. The summed E-state index contributed by atoms with van der Waals surface area (Å²) in [5.41, 5.74) is 5.29. The number of amides is 2. The Balaban J connectivity index is 2.38. The molecule has 1 heterocycles. The van der Waals surface area contributed by atoms with E-state index in [1.165, 1.54) is 4.90 Å². The van der Waals surface area contributed by atoms with Crippen LogP contribution in [0.25, 0.3) is 0 Å². The Morgan fingerprint density at radius 1 is 1.50 bits per heavy atom. The fourth-order valence-corrected chi connectivity index (χ4v) is 1.09. The zero-order valence-corrected chi connectivity index (χ0v) is 6.88. The normalized spacial score (nSPS) is 17.9. The van der Waals surface area contributed by atoms with Crippen molar-refractivity contribution in [2.45, 2.75) is 6.42 Å². The number of hydrogen-bond donors (Lipinski definition) is 2. The number of rotatable bonds is 3. The van der Waals surface area contributed by atoms with E-state index in [-0.39, 0.29) is 24.9 Å². The minimum atomic E-state index is -0.0911. The van der Waals surface area contributed by atoms with Gasteiger partial charge in [-0.05, 0) is 13.0 Å². The van der Waals surface area contributed by atoms with Crippen LogP contribution in [0.2, 0.25) is 0 Å². The van der Waals surface area contributed by atoms with Crippen LogP contribution in [0.15, 0.2) is 0 Å². The van der Waals surface area contributed by atoms with Gasteiger partial charge in [-0.15, -0.1) is 0 Å². The van der Waals surface area contributed by atoms with Gasteiger partial charge < -0.3 is 16.0 Å². The molecule has 1 rings (SSSR count). The topological polar surface area (TPSA) is 75.4 Å². The lowest BCUT2D eigenvalue weighted by Gasteiger charge is -2.26. The van der Waals surface area contributed by atoms with Crippen molar-refractivity contribution in [1.82, 2.24) is 10.2 Å². The maximum Gasteiger partial charge on any atom is 0.242 e. The van der Waals surface area contributed by atoms with Crippen LogP contribution in [0, 0.1) is 0 Å². The van der Waals surface area contributed by atoms with Crippen LogP contribution in [-0.4, -0.2) is 42.9 Å². The van der Waals surface area contributed by atoms with Gasteiger partial charge in [0.25, 0.3) is 0 Å². The van der Waals surface area contributed by atoms with Gasteiger partial charge in [0.05, 0.1) is 13.1 Å². The Bertz CT molecular complexity index is 193.